The number of carbonyl (C=O) groups is 3. The minimum Gasteiger partial charge on any atom is -0.497 e. The molecule has 180 valence electrons. The van der Waals surface area contributed by atoms with Crippen LogP contribution in [0.25, 0.3) is 17.0 Å². The zero-order valence-corrected chi connectivity index (χ0v) is 20.4. The lowest BCUT2D eigenvalue weighted by molar-refractivity contribution is -0.141. The summed E-state index contributed by atoms with van der Waals surface area (Å²) in [6, 6.07) is 13.7. The average Bonchev–Trinajstić information content (AvgIpc) is 3.37. The average molecular weight is 510 g/mol. The number of aliphatic carboxylic acids is 1. The topological polar surface area (TPSA) is 112 Å². The van der Waals surface area contributed by atoms with Crippen molar-refractivity contribution in [1.29, 1.82) is 0 Å². The predicted octanol–water partition coefficient (Wildman–Crippen LogP) is 3.58. The zero-order chi connectivity index (χ0) is 24.9. The molecule has 10 heteroatoms. The molecule has 0 bridgehead atoms. The quantitative estimate of drug-likeness (QED) is 0.299. The fourth-order valence-corrected chi connectivity index (χ4v) is 5.05. The van der Waals surface area contributed by atoms with E-state index in [1.165, 1.54) is 16.7 Å². The first-order chi connectivity index (χ1) is 16.9. The minimum absolute atomic E-state index is 0.0654. The number of rotatable bonds is 9. The van der Waals surface area contributed by atoms with Crippen LogP contribution in [0.3, 0.4) is 0 Å². The number of methoxy groups -OCH3 is 1. The van der Waals surface area contributed by atoms with Crippen LogP contribution in [0.2, 0.25) is 0 Å². The van der Waals surface area contributed by atoms with E-state index in [1.54, 1.807) is 31.5 Å². The second-order valence-corrected chi connectivity index (χ2v) is 9.55. The first-order valence-corrected chi connectivity index (χ1v) is 12.0. The summed E-state index contributed by atoms with van der Waals surface area (Å²) >= 11 is 6.50. The van der Waals surface area contributed by atoms with Gasteiger partial charge in [0.2, 0.25) is 5.91 Å². The fourth-order valence-electron chi connectivity index (χ4n) is 3.74. The lowest BCUT2D eigenvalue weighted by Gasteiger charge is -2.17. The molecule has 1 aromatic heterocycles. The van der Waals surface area contributed by atoms with Crippen molar-refractivity contribution in [2.75, 3.05) is 13.7 Å². The van der Waals surface area contributed by atoms with Gasteiger partial charge in [-0.05, 0) is 35.4 Å². The smallest absolute Gasteiger partial charge is 0.326 e. The third kappa shape index (κ3) is 5.72. The second kappa shape index (κ2) is 10.7. The molecule has 1 unspecified atom stereocenters. The van der Waals surface area contributed by atoms with Crippen LogP contribution < -0.4 is 10.1 Å². The number of thiocarbonyl (C=S) groups is 1. The van der Waals surface area contributed by atoms with Crippen molar-refractivity contribution in [3.63, 3.8) is 0 Å². The molecule has 0 spiro atoms. The first-order valence-electron chi connectivity index (χ1n) is 10.8. The number of aromatic nitrogens is 1. The molecule has 1 aliphatic heterocycles. The summed E-state index contributed by atoms with van der Waals surface area (Å²) < 4.78 is 5.50. The Morgan fingerprint density at radius 3 is 2.69 bits per heavy atom. The molecule has 35 heavy (non-hydrogen) atoms. The number of aromatic amines is 1. The normalized spacial score (nSPS) is 15.6. The maximum absolute atomic E-state index is 12.8. The number of hydrogen-bond acceptors (Lipinski definition) is 6. The molecule has 1 fully saturated rings. The van der Waals surface area contributed by atoms with E-state index in [0.29, 0.717) is 15.0 Å². The van der Waals surface area contributed by atoms with Crippen molar-refractivity contribution < 1.29 is 24.2 Å². The number of hydrogen-bond donors (Lipinski definition) is 3. The second-order valence-electron chi connectivity index (χ2n) is 7.88. The summed E-state index contributed by atoms with van der Waals surface area (Å²) in [7, 11) is 1.58. The zero-order valence-electron chi connectivity index (χ0n) is 18.8. The molecule has 2 aromatic carbocycles. The summed E-state index contributed by atoms with van der Waals surface area (Å²) in [5.41, 5.74) is 2.52. The number of thioether (sulfide) groups is 1. The van der Waals surface area contributed by atoms with Crippen molar-refractivity contribution in [2.45, 2.75) is 18.9 Å². The molecule has 2 heterocycles. The number of ether oxygens (including phenoxy) is 1. The van der Waals surface area contributed by atoms with Crippen LogP contribution >= 0.6 is 24.0 Å². The van der Waals surface area contributed by atoms with Gasteiger partial charge in [-0.3, -0.25) is 14.5 Å². The van der Waals surface area contributed by atoms with Gasteiger partial charge in [0.1, 0.15) is 16.1 Å². The Labute approximate surface area is 211 Å². The SMILES string of the molecule is COc1ccc(/C=C2/SC(=S)N(CCC(=O)NC(Cc3c[nH]c4ccccc34)C(=O)O)C2=O)cc1. The van der Waals surface area contributed by atoms with Crippen LogP contribution in [0.5, 0.6) is 5.75 Å². The van der Waals surface area contributed by atoms with Crippen molar-refractivity contribution >= 4 is 63.1 Å². The maximum atomic E-state index is 12.8. The molecule has 3 N–H and O–H groups in total. The molecule has 3 aromatic rings. The third-order valence-corrected chi connectivity index (χ3v) is 6.96. The van der Waals surface area contributed by atoms with Crippen molar-refractivity contribution in [3.8, 4) is 5.75 Å². The molecule has 0 aliphatic carbocycles. The summed E-state index contributed by atoms with van der Waals surface area (Å²) in [6.07, 6.45) is 3.55. The van der Waals surface area contributed by atoms with Gasteiger partial charge >= 0.3 is 5.97 Å². The maximum Gasteiger partial charge on any atom is 0.326 e. The first kappa shape index (κ1) is 24.5. The van der Waals surface area contributed by atoms with Crippen molar-refractivity contribution in [2.24, 2.45) is 0 Å². The number of fused-ring (bicyclic) bond motifs is 1. The lowest BCUT2D eigenvalue weighted by Crippen LogP contribution is -2.43. The summed E-state index contributed by atoms with van der Waals surface area (Å²) in [6.45, 7) is 0.0654. The summed E-state index contributed by atoms with van der Waals surface area (Å²) in [4.78, 5) is 42.1. The van der Waals surface area contributed by atoms with Crippen LogP contribution in [-0.4, -0.2) is 56.8 Å². The fraction of sp³-hybridized carbons (Fsp3) is 0.200. The summed E-state index contributed by atoms with van der Waals surface area (Å²) in [5.74, 6) is -1.16. The molecule has 1 aliphatic rings. The molecule has 8 nitrogen and oxygen atoms in total. The number of amides is 2. The van der Waals surface area contributed by atoms with Gasteiger partial charge in [-0.1, -0.05) is 54.3 Å². The number of nitrogens with one attached hydrogen (secondary N) is 2. The highest BCUT2D eigenvalue weighted by atomic mass is 32.2. The van der Waals surface area contributed by atoms with Crippen molar-refractivity contribution in [3.05, 3.63) is 70.8 Å². The number of carboxylic acids is 1. The molecule has 1 saturated heterocycles. The number of carboxylic acid groups (broad SMARTS) is 1. The van der Waals surface area contributed by atoms with Crippen LogP contribution in [0.4, 0.5) is 0 Å². The summed E-state index contributed by atoms with van der Waals surface area (Å²) in [5, 5.41) is 13.1. The van der Waals surface area contributed by atoms with Crippen LogP contribution in [0.15, 0.2) is 59.6 Å². The van der Waals surface area contributed by atoms with E-state index in [0.717, 1.165) is 22.0 Å². The molecule has 0 saturated carbocycles. The van der Waals surface area contributed by atoms with Gasteiger partial charge in [0, 0.05) is 36.5 Å². The van der Waals surface area contributed by atoms with Gasteiger partial charge in [-0.15, -0.1) is 0 Å². The predicted molar refractivity (Wildman–Crippen MR) is 139 cm³/mol. The molecule has 4 rings (SSSR count). The largest absolute Gasteiger partial charge is 0.497 e. The number of nitrogens with zero attached hydrogens (tertiary/aromatic N) is 1. The standard InChI is InChI=1S/C25H23N3O5S2/c1-33-17-8-6-15(7-9-17)12-21-23(30)28(25(34)35-21)11-10-22(29)27-20(24(31)32)13-16-14-26-19-5-3-2-4-18(16)19/h2-9,12,14,20,26H,10-11,13H2,1H3,(H,27,29)(H,31,32)/b21-12+. The minimum atomic E-state index is -1.13. The highest BCUT2D eigenvalue weighted by molar-refractivity contribution is 8.26. The van der Waals surface area contributed by atoms with E-state index < -0.39 is 17.9 Å². The lowest BCUT2D eigenvalue weighted by atomic mass is 10.0. The molecular weight excluding hydrogens is 486 g/mol. The Morgan fingerprint density at radius 1 is 1.23 bits per heavy atom. The Hall–Kier alpha value is -3.63. The Kier molecular flexibility index (Phi) is 7.52. The van der Waals surface area contributed by atoms with E-state index in [2.05, 4.69) is 10.3 Å². The van der Waals surface area contributed by atoms with Gasteiger partial charge in [0.05, 0.1) is 12.0 Å². The van der Waals surface area contributed by atoms with E-state index in [1.807, 2.05) is 36.4 Å². The molecular formula is C25H23N3O5S2. The Bertz CT molecular complexity index is 1320. The molecule has 2 amide bonds. The number of H-pyrrole nitrogens is 1. The van der Waals surface area contributed by atoms with Gasteiger partial charge in [0.25, 0.3) is 5.91 Å². The van der Waals surface area contributed by atoms with E-state index in [9.17, 15) is 19.5 Å². The van der Waals surface area contributed by atoms with Gasteiger partial charge in [0.15, 0.2) is 0 Å². The van der Waals surface area contributed by atoms with E-state index >= 15 is 0 Å². The third-order valence-electron chi connectivity index (χ3n) is 5.58. The van der Waals surface area contributed by atoms with Crippen molar-refractivity contribution in [1.82, 2.24) is 15.2 Å². The number of carbonyl (C=O) groups excluding carboxylic acids is 2. The monoisotopic (exact) mass is 509 g/mol. The molecule has 0 radical (unpaired) electrons. The van der Waals surface area contributed by atoms with E-state index in [-0.39, 0.29) is 25.3 Å². The van der Waals surface area contributed by atoms with Crippen LogP contribution in [0, 0.1) is 0 Å². The Balaban J connectivity index is 1.36. The number of para-hydroxylation sites is 1. The highest BCUT2D eigenvalue weighted by Gasteiger charge is 2.32. The van der Waals surface area contributed by atoms with Crippen LogP contribution in [-0.2, 0) is 20.8 Å². The van der Waals surface area contributed by atoms with Gasteiger partial charge in [-0.2, -0.15) is 0 Å². The molecule has 1 atom stereocenters. The highest BCUT2D eigenvalue weighted by Crippen LogP contribution is 2.32. The van der Waals surface area contributed by atoms with Gasteiger partial charge < -0.3 is 20.1 Å². The van der Waals surface area contributed by atoms with Crippen LogP contribution in [0.1, 0.15) is 17.5 Å². The van der Waals surface area contributed by atoms with E-state index in [4.69, 9.17) is 17.0 Å². The van der Waals surface area contributed by atoms with Gasteiger partial charge in [-0.25, -0.2) is 4.79 Å². The number of benzene rings is 2. The Morgan fingerprint density at radius 2 is 1.97 bits per heavy atom.